The van der Waals surface area contributed by atoms with Gasteiger partial charge in [-0.2, -0.15) is 0 Å². The molecule has 152 valence electrons. The van der Waals surface area contributed by atoms with Crippen LogP contribution in [0.5, 0.6) is 0 Å². The Kier molecular flexibility index (Phi) is 4.64. The molecule has 0 aliphatic carbocycles. The summed E-state index contributed by atoms with van der Waals surface area (Å²) in [6.07, 6.45) is 4.59. The summed E-state index contributed by atoms with van der Waals surface area (Å²) >= 11 is 0. The molecular weight excluding hydrogens is 394 g/mol. The fourth-order valence-corrected chi connectivity index (χ4v) is 3.39. The maximum Gasteiger partial charge on any atom is 0.292 e. The van der Waals surface area contributed by atoms with Gasteiger partial charge < -0.3 is 20.0 Å². The molecule has 2 amide bonds. The molecule has 0 radical (unpaired) electrons. The van der Waals surface area contributed by atoms with Crippen LogP contribution in [0.4, 0.5) is 23.0 Å². The first-order valence-electron chi connectivity index (χ1n) is 9.62. The molecule has 1 aromatic carbocycles. The van der Waals surface area contributed by atoms with E-state index >= 15 is 0 Å². The van der Waals surface area contributed by atoms with Gasteiger partial charge in [-0.25, -0.2) is 9.97 Å². The second-order valence-electron chi connectivity index (χ2n) is 6.91. The lowest BCUT2D eigenvalue weighted by molar-refractivity contribution is 0.0982. The Bertz CT molecular complexity index is 1250. The molecule has 31 heavy (non-hydrogen) atoms. The summed E-state index contributed by atoms with van der Waals surface area (Å²) in [6, 6.07) is 17.8. The summed E-state index contributed by atoms with van der Waals surface area (Å²) in [5, 5.41) is 5.95. The maximum atomic E-state index is 13.4. The van der Waals surface area contributed by atoms with Crippen LogP contribution in [0.15, 0.2) is 83.7 Å². The average molecular weight is 411 g/mol. The highest BCUT2D eigenvalue weighted by Crippen LogP contribution is 2.35. The molecule has 0 atom stereocenters. The van der Waals surface area contributed by atoms with Crippen molar-refractivity contribution >= 4 is 34.8 Å². The Hall–Kier alpha value is -4.46. The third-order valence-electron chi connectivity index (χ3n) is 4.91. The second-order valence-corrected chi connectivity index (χ2v) is 6.91. The number of furan rings is 1. The van der Waals surface area contributed by atoms with E-state index < -0.39 is 5.91 Å². The highest BCUT2D eigenvalue weighted by Gasteiger charge is 2.25. The lowest BCUT2D eigenvalue weighted by Crippen LogP contribution is -2.30. The molecule has 8 heteroatoms. The van der Waals surface area contributed by atoms with Crippen molar-refractivity contribution in [2.24, 2.45) is 0 Å². The van der Waals surface area contributed by atoms with E-state index in [4.69, 9.17) is 4.42 Å². The maximum absolute atomic E-state index is 13.4. The van der Waals surface area contributed by atoms with E-state index in [1.165, 1.54) is 12.5 Å². The molecule has 0 bridgehead atoms. The fourth-order valence-electron chi connectivity index (χ4n) is 3.39. The third kappa shape index (κ3) is 3.62. The molecular formula is C23H17N5O3. The van der Waals surface area contributed by atoms with E-state index in [9.17, 15) is 9.59 Å². The van der Waals surface area contributed by atoms with Crippen LogP contribution in [0.3, 0.4) is 0 Å². The molecule has 0 saturated carbocycles. The van der Waals surface area contributed by atoms with Crippen LogP contribution in [0, 0.1) is 0 Å². The van der Waals surface area contributed by atoms with Crippen LogP contribution in [0.1, 0.15) is 26.5 Å². The smallest absolute Gasteiger partial charge is 0.292 e. The van der Waals surface area contributed by atoms with Crippen molar-refractivity contribution in [2.75, 3.05) is 15.5 Å². The summed E-state index contributed by atoms with van der Waals surface area (Å²) in [5.41, 5.74) is 2.85. The summed E-state index contributed by atoms with van der Waals surface area (Å²) in [4.78, 5) is 35.8. The zero-order valence-electron chi connectivity index (χ0n) is 16.3. The van der Waals surface area contributed by atoms with Gasteiger partial charge in [-0.05, 0) is 42.5 Å². The van der Waals surface area contributed by atoms with Crippen molar-refractivity contribution in [3.63, 3.8) is 0 Å². The van der Waals surface area contributed by atoms with Crippen LogP contribution < -0.4 is 15.5 Å². The number of benzene rings is 1. The standard InChI is InChI=1S/C23H17N5O3/c29-22(19-8-4-12-31-19)27-20-10-9-15(13-25-20)23(30)28-14-16-5-3-11-24-21(16)26-17-6-1-2-7-18(17)28/h1-13H,14H2,(H,24,26)(H,25,27,29). The molecule has 1 aliphatic heterocycles. The van der Waals surface area contributed by atoms with E-state index in [2.05, 4.69) is 20.6 Å². The molecule has 8 nitrogen and oxygen atoms in total. The van der Waals surface area contributed by atoms with Crippen molar-refractivity contribution in [3.05, 3.63) is 96.2 Å². The predicted molar refractivity (Wildman–Crippen MR) is 115 cm³/mol. The zero-order chi connectivity index (χ0) is 21.2. The highest BCUT2D eigenvalue weighted by atomic mass is 16.3. The van der Waals surface area contributed by atoms with Crippen LogP contribution >= 0.6 is 0 Å². The number of anilines is 4. The summed E-state index contributed by atoms with van der Waals surface area (Å²) in [6.45, 7) is 0.364. The monoisotopic (exact) mass is 411 g/mol. The molecule has 0 unspecified atom stereocenters. The molecule has 4 aromatic rings. The van der Waals surface area contributed by atoms with Crippen LogP contribution in [-0.4, -0.2) is 21.8 Å². The number of hydrogen-bond donors (Lipinski definition) is 2. The topological polar surface area (TPSA) is 100 Å². The third-order valence-corrected chi connectivity index (χ3v) is 4.91. The Balaban J connectivity index is 1.42. The zero-order valence-corrected chi connectivity index (χ0v) is 16.3. The van der Waals surface area contributed by atoms with Crippen molar-refractivity contribution in [3.8, 4) is 0 Å². The minimum atomic E-state index is -0.409. The first-order valence-corrected chi connectivity index (χ1v) is 9.62. The van der Waals surface area contributed by atoms with Crippen LogP contribution in [0.25, 0.3) is 0 Å². The first-order chi connectivity index (χ1) is 15.2. The lowest BCUT2D eigenvalue weighted by atomic mass is 10.2. The van der Waals surface area contributed by atoms with E-state index in [-0.39, 0.29) is 11.7 Å². The number of nitrogens with one attached hydrogen (secondary N) is 2. The van der Waals surface area contributed by atoms with Gasteiger partial charge in [-0.3, -0.25) is 9.59 Å². The van der Waals surface area contributed by atoms with Gasteiger partial charge in [0.15, 0.2) is 5.76 Å². The number of aromatic nitrogens is 2. The normalized spacial score (nSPS) is 12.2. The second kappa shape index (κ2) is 7.75. The van der Waals surface area contributed by atoms with Gasteiger partial charge in [0.2, 0.25) is 0 Å². The van der Waals surface area contributed by atoms with Gasteiger partial charge in [0, 0.05) is 18.0 Å². The molecule has 0 saturated heterocycles. The van der Waals surface area contributed by atoms with Crippen molar-refractivity contribution < 1.29 is 14.0 Å². The number of amides is 2. The first kappa shape index (κ1) is 18.6. The molecule has 0 fully saturated rings. The fraction of sp³-hybridized carbons (Fsp3) is 0.0435. The Morgan fingerprint density at radius 1 is 1.00 bits per heavy atom. The van der Waals surface area contributed by atoms with E-state index in [1.807, 2.05) is 36.4 Å². The summed E-state index contributed by atoms with van der Waals surface area (Å²) < 4.78 is 5.07. The average Bonchev–Trinajstić information content (AvgIpc) is 3.29. The Morgan fingerprint density at radius 3 is 2.71 bits per heavy atom. The van der Waals surface area contributed by atoms with Crippen LogP contribution in [-0.2, 0) is 6.54 Å². The number of pyridine rings is 2. The number of fused-ring (bicyclic) bond motifs is 2. The summed E-state index contributed by atoms with van der Waals surface area (Å²) in [7, 11) is 0. The molecule has 2 N–H and O–H groups in total. The van der Waals surface area contributed by atoms with Gasteiger partial charge in [0.1, 0.15) is 11.6 Å². The predicted octanol–water partition coefficient (Wildman–Crippen LogP) is 4.23. The Labute approximate surface area is 177 Å². The minimum Gasteiger partial charge on any atom is -0.459 e. The number of para-hydroxylation sites is 2. The van der Waals surface area contributed by atoms with Gasteiger partial charge in [-0.15, -0.1) is 0 Å². The van der Waals surface area contributed by atoms with E-state index in [1.54, 1.807) is 35.4 Å². The quantitative estimate of drug-likeness (QED) is 0.523. The van der Waals surface area contributed by atoms with Gasteiger partial charge in [-0.1, -0.05) is 18.2 Å². The van der Waals surface area contributed by atoms with Gasteiger partial charge in [0.25, 0.3) is 11.8 Å². The lowest BCUT2D eigenvalue weighted by Gasteiger charge is -2.22. The molecule has 0 spiro atoms. The number of hydrogen-bond acceptors (Lipinski definition) is 6. The Morgan fingerprint density at radius 2 is 1.90 bits per heavy atom. The van der Waals surface area contributed by atoms with Crippen molar-refractivity contribution in [1.29, 1.82) is 0 Å². The van der Waals surface area contributed by atoms with Crippen molar-refractivity contribution in [1.82, 2.24) is 9.97 Å². The summed E-state index contributed by atoms with van der Waals surface area (Å²) in [5.74, 6) is 0.614. The largest absolute Gasteiger partial charge is 0.459 e. The number of rotatable bonds is 3. The highest BCUT2D eigenvalue weighted by molar-refractivity contribution is 6.08. The van der Waals surface area contributed by atoms with Crippen LogP contribution in [0.2, 0.25) is 0 Å². The molecule has 4 heterocycles. The molecule has 5 rings (SSSR count). The van der Waals surface area contributed by atoms with E-state index in [0.29, 0.717) is 17.9 Å². The number of carbonyl (C=O) groups excluding carboxylic acids is 2. The SMILES string of the molecule is O=C(Nc1ccc(C(=O)N2Cc3cccnc3Nc3ccccc32)cn1)c1ccco1. The number of nitrogens with zero attached hydrogens (tertiary/aromatic N) is 3. The molecule has 3 aromatic heterocycles. The molecule has 1 aliphatic rings. The van der Waals surface area contributed by atoms with Gasteiger partial charge in [0.05, 0.1) is 29.7 Å². The van der Waals surface area contributed by atoms with Gasteiger partial charge >= 0.3 is 0 Å². The minimum absolute atomic E-state index is 0.183. The number of carbonyl (C=O) groups is 2. The van der Waals surface area contributed by atoms with E-state index in [0.717, 1.165) is 22.8 Å². The van der Waals surface area contributed by atoms with Crippen molar-refractivity contribution in [2.45, 2.75) is 6.54 Å².